The van der Waals surface area contributed by atoms with Gasteiger partial charge in [-0.3, -0.25) is 9.59 Å². The van der Waals surface area contributed by atoms with Crippen LogP contribution in [0.3, 0.4) is 0 Å². The van der Waals surface area contributed by atoms with E-state index in [-0.39, 0.29) is 18.4 Å². The van der Waals surface area contributed by atoms with Gasteiger partial charge in [0, 0.05) is 17.4 Å². The number of hydrogen-bond donors (Lipinski definition) is 1. The summed E-state index contributed by atoms with van der Waals surface area (Å²) in [6.07, 6.45) is 0.941. The molecule has 0 aromatic heterocycles. The molecular formula is C15H18BrNO4. The summed E-state index contributed by atoms with van der Waals surface area (Å²) in [6.45, 7) is 1.23. The Morgan fingerprint density at radius 3 is 2.86 bits per heavy atom. The second-order valence-corrected chi connectivity index (χ2v) is 5.86. The van der Waals surface area contributed by atoms with E-state index in [2.05, 4.69) is 15.9 Å². The van der Waals surface area contributed by atoms with Crippen LogP contribution in [-0.2, 0) is 20.7 Å². The zero-order valence-electron chi connectivity index (χ0n) is 11.6. The van der Waals surface area contributed by atoms with Gasteiger partial charge in [-0.15, -0.1) is 0 Å². The van der Waals surface area contributed by atoms with Gasteiger partial charge in [-0.25, -0.2) is 0 Å². The van der Waals surface area contributed by atoms with Crippen LogP contribution >= 0.6 is 15.9 Å². The van der Waals surface area contributed by atoms with Crippen molar-refractivity contribution in [3.05, 3.63) is 34.3 Å². The van der Waals surface area contributed by atoms with Gasteiger partial charge in [0.25, 0.3) is 0 Å². The van der Waals surface area contributed by atoms with Gasteiger partial charge >= 0.3 is 5.97 Å². The molecule has 6 heteroatoms. The number of carboxylic acids is 1. The summed E-state index contributed by atoms with van der Waals surface area (Å²) in [6, 6.07) is 7.43. The lowest BCUT2D eigenvalue weighted by molar-refractivity contribution is -0.146. The molecule has 0 aliphatic carbocycles. The number of hydrogen-bond acceptors (Lipinski definition) is 3. The van der Waals surface area contributed by atoms with Gasteiger partial charge in [-0.2, -0.15) is 0 Å². The highest BCUT2D eigenvalue weighted by Gasteiger charge is 2.28. The first-order valence-corrected chi connectivity index (χ1v) is 7.69. The molecule has 1 amide bonds. The minimum Gasteiger partial charge on any atom is -0.481 e. The SMILES string of the molecule is O=C(O)CC1COCCN1C(=O)CCc1ccccc1Br. The molecule has 0 saturated carbocycles. The van der Waals surface area contributed by atoms with Crippen molar-refractivity contribution in [3.63, 3.8) is 0 Å². The Balaban J connectivity index is 1.94. The molecule has 2 rings (SSSR count). The first-order valence-electron chi connectivity index (χ1n) is 6.90. The van der Waals surface area contributed by atoms with Gasteiger partial charge in [0.1, 0.15) is 0 Å². The van der Waals surface area contributed by atoms with Crippen LogP contribution in [-0.4, -0.2) is 47.7 Å². The molecule has 1 saturated heterocycles. The number of aliphatic carboxylic acids is 1. The van der Waals surface area contributed by atoms with Gasteiger partial charge in [-0.05, 0) is 18.1 Å². The summed E-state index contributed by atoms with van der Waals surface area (Å²) in [5.74, 6) is -0.922. The number of morpholine rings is 1. The number of aryl methyl sites for hydroxylation is 1. The maximum absolute atomic E-state index is 12.3. The molecule has 1 atom stereocenters. The molecular weight excluding hydrogens is 338 g/mol. The van der Waals surface area contributed by atoms with E-state index in [1.165, 1.54) is 0 Å². The Labute approximate surface area is 132 Å². The average molecular weight is 356 g/mol. The molecule has 5 nitrogen and oxygen atoms in total. The fourth-order valence-corrected chi connectivity index (χ4v) is 2.92. The number of carboxylic acid groups (broad SMARTS) is 1. The number of benzene rings is 1. The van der Waals surface area contributed by atoms with E-state index >= 15 is 0 Å². The van der Waals surface area contributed by atoms with E-state index in [1.54, 1.807) is 4.90 Å². The highest BCUT2D eigenvalue weighted by Crippen LogP contribution is 2.19. The summed E-state index contributed by atoms with van der Waals surface area (Å²) in [5.41, 5.74) is 1.08. The summed E-state index contributed by atoms with van der Waals surface area (Å²) >= 11 is 3.46. The minimum absolute atomic E-state index is 0.0136. The maximum Gasteiger partial charge on any atom is 0.305 e. The first-order chi connectivity index (χ1) is 10.1. The highest BCUT2D eigenvalue weighted by atomic mass is 79.9. The summed E-state index contributed by atoms with van der Waals surface area (Å²) in [5, 5.41) is 8.91. The quantitative estimate of drug-likeness (QED) is 0.877. The lowest BCUT2D eigenvalue weighted by Gasteiger charge is -2.35. The number of amides is 1. The highest BCUT2D eigenvalue weighted by molar-refractivity contribution is 9.10. The molecule has 1 N–H and O–H groups in total. The topological polar surface area (TPSA) is 66.8 Å². The van der Waals surface area contributed by atoms with Gasteiger partial charge in [0.15, 0.2) is 0 Å². The maximum atomic E-state index is 12.3. The third-order valence-corrected chi connectivity index (χ3v) is 4.30. The Morgan fingerprint density at radius 2 is 2.14 bits per heavy atom. The Hall–Kier alpha value is -1.40. The van der Waals surface area contributed by atoms with E-state index in [9.17, 15) is 9.59 Å². The Kier molecular flexibility index (Phi) is 5.76. The van der Waals surface area contributed by atoms with Gasteiger partial charge in [-0.1, -0.05) is 34.1 Å². The van der Waals surface area contributed by atoms with Gasteiger partial charge in [0.05, 0.1) is 25.7 Å². The van der Waals surface area contributed by atoms with Crippen molar-refractivity contribution in [2.75, 3.05) is 19.8 Å². The number of carbonyl (C=O) groups excluding carboxylic acids is 1. The smallest absolute Gasteiger partial charge is 0.305 e. The summed E-state index contributed by atoms with van der Waals surface area (Å²) < 4.78 is 6.27. The van der Waals surface area contributed by atoms with Crippen molar-refractivity contribution >= 4 is 27.8 Å². The average Bonchev–Trinajstić information content (AvgIpc) is 2.46. The van der Waals surface area contributed by atoms with E-state index < -0.39 is 5.97 Å². The predicted molar refractivity (Wildman–Crippen MR) is 81.0 cm³/mol. The molecule has 1 heterocycles. The number of ether oxygens (including phenoxy) is 1. The molecule has 1 aliphatic rings. The van der Waals surface area contributed by atoms with E-state index in [0.717, 1.165) is 10.0 Å². The fraction of sp³-hybridized carbons (Fsp3) is 0.467. The lowest BCUT2D eigenvalue weighted by atomic mass is 10.1. The Morgan fingerprint density at radius 1 is 1.38 bits per heavy atom. The molecule has 1 aromatic rings. The van der Waals surface area contributed by atoms with Crippen molar-refractivity contribution in [2.24, 2.45) is 0 Å². The van der Waals surface area contributed by atoms with Crippen LogP contribution in [0.25, 0.3) is 0 Å². The zero-order chi connectivity index (χ0) is 15.2. The number of rotatable bonds is 5. The fourth-order valence-electron chi connectivity index (χ4n) is 2.44. The number of carbonyl (C=O) groups is 2. The molecule has 21 heavy (non-hydrogen) atoms. The van der Waals surface area contributed by atoms with E-state index in [4.69, 9.17) is 9.84 Å². The van der Waals surface area contributed by atoms with Crippen LogP contribution in [0.15, 0.2) is 28.7 Å². The van der Waals surface area contributed by atoms with Crippen molar-refractivity contribution < 1.29 is 19.4 Å². The summed E-state index contributed by atoms with van der Waals surface area (Å²) in [4.78, 5) is 24.8. The van der Waals surface area contributed by atoms with Crippen molar-refractivity contribution in [2.45, 2.75) is 25.3 Å². The molecule has 1 unspecified atom stereocenters. The van der Waals surface area contributed by atoms with Crippen molar-refractivity contribution in [1.29, 1.82) is 0 Å². The van der Waals surface area contributed by atoms with Crippen LogP contribution in [0.5, 0.6) is 0 Å². The molecule has 1 fully saturated rings. The molecule has 0 bridgehead atoms. The van der Waals surface area contributed by atoms with Crippen molar-refractivity contribution in [1.82, 2.24) is 4.90 Å². The largest absolute Gasteiger partial charge is 0.481 e. The number of halogens is 1. The Bertz CT molecular complexity index is 520. The standard InChI is InChI=1S/C15H18BrNO4/c16-13-4-2-1-3-11(13)5-6-14(18)17-7-8-21-10-12(17)9-15(19)20/h1-4,12H,5-10H2,(H,19,20). The van der Waals surface area contributed by atoms with Crippen molar-refractivity contribution in [3.8, 4) is 0 Å². The van der Waals surface area contributed by atoms with Gasteiger partial charge in [0.2, 0.25) is 5.91 Å². The van der Waals surface area contributed by atoms with Gasteiger partial charge < -0.3 is 14.7 Å². The predicted octanol–water partition coefficient (Wildman–Crippen LogP) is 2.08. The zero-order valence-corrected chi connectivity index (χ0v) is 13.2. The van der Waals surface area contributed by atoms with E-state index in [1.807, 2.05) is 24.3 Å². The molecule has 0 spiro atoms. The molecule has 1 aromatic carbocycles. The lowest BCUT2D eigenvalue weighted by Crippen LogP contribution is -2.49. The molecule has 0 radical (unpaired) electrons. The third kappa shape index (κ3) is 4.54. The third-order valence-electron chi connectivity index (χ3n) is 3.52. The first kappa shape index (κ1) is 16.0. The molecule has 1 aliphatic heterocycles. The van der Waals surface area contributed by atoms with Crippen LogP contribution in [0.1, 0.15) is 18.4 Å². The van der Waals surface area contributed by atoms with Crippen LogP contribution in [0.2, 0.25) is 0 Å². The second kappa shape index (κ2) is 7.56. The molecule has 114 valence electrons. The van der Waals surface area contributed by atoms with Crippen LogP contribution in [0.4, 0.5) is 0 Å². The summed E-state index contributed by atoms with van der Waals surface area (Å²) in [7, 11) is 0. The second-order valence-electron chi connectivity index (χ2n) is 5.01. The van der Waals surface area contributed by atoms with Crippen LogP contribution in [0, 0.1) is 0 Å². The van der Waals surface area contributed by atoms with Crippen LogP contribution < -0.4 is 0 Å². The monoisotopic (exact) mass is 355 g/mol. The van der Waals surface area contributed by atoms with E-state index in [0.29, 0.717) is 32.6 Å². The normalized spacial score (nSPS) is 18.5. The number of nitrogens with zero attached hydrogens (tertiary/aromatic N) is 1. The minimum atomic E-state index is -0.908.